The lowest BCUT2D eigenvalue weighted by Gasteiger charge is -2.18. The normalized spacial score (nSPS) is 10.6. The minimum atomic E-state index is -0.156. The Hall–Kier alpha value is -1.59. The standard InChI is InChI=1S/C14H15Cl2N3O2/c1-2-7-19(13(20)8-15)9-12-17-18-14(21-12)10-5-3-4-6-11(10)16/h3-6H,2,7-9H2,1H3. The van der Waals surface area contributed by atoms with Crippen LogP contribution in [0, 0.1) is 0 Å². The van der Waals surface area contributed by atoms with Gasteiger partial charge >= 0.3 is 0 Å². The topological polar surface area (TPSA) is 59.2 Å². The summed E-state index contributed by atoms with van der Waals surface area (Å²) in [4.78, 5) is 13.3. The number of carbonyl (C=O) groups excluding carboxylic acids is 1. The summed E-state index contributed by atoms with van der Waals surface area (Å²) >= 11 is 11.7. The van der Waals surface area contributed by atoms with E-state index < -0.39 is 0 Å². The number of alkyl halides is 1. The molecule has 0 spiro atoms. The fourth-order valence-electron chi connectivity index (χ4n) is 1.87. The molecule has 0 saturated carbocycles. The van der Waals surface area contributed by atoms with Gasteiger partial charge in [0.15, 0.2) is 0 Å². The smallest absolute Gasteiger partial charge is 0.249 e. The van der Waals surface area contributed by atoms with Crippen LogP contribution in [-0.4, -0.2) is 33.4 Å². The van der Waals surface area contributed by atoms with Crippen LogP contribution < -0.4 is 0 Å². The van der Waals surface area contributed by atoms with E-state index in [-0.39, 0.29) is 18.3 Å². The molecule has 112 valence electrons. The van der Waals surface area contributed by atoms with Gasteiger partial charge in [0.2, 0.25) is 17.7 Å². The van der Waals surface area contributed by atoms with Crippen molar-refractivity contribution < 1.29 is 9.21 Å². The Bertz CT molecular complexity index is 616. The maximum atomic E-state index is 11.7. The maximum Gasteiger partial charge on any atom is 0.249 e. The number of benzene rings is 1. The van der Waals surface area contributed by atoms with E-state index in [1.807, 2.05) is 19.1 Å². The summed E-state index contributed by atoms with van der Waals surface area (Å²) < 4.78 is 5.58. The Morgan fingerprint density at radius 3 is 2.76 bits per heavy atom. The molecule has 0 aliphatic carbocycles. The first-order valence-corrected chi connectivity index (χ1v) is 7.48. The fourth-order valence-corrected chi connectivity index (χ4v) is 2.26. The lowest BCUT2D eigenvalue weighted by atomic mass is 10.2. The predicted octanol–water partition coefficient (Wildman–Crippen LogP) is 3.37. The van der Waals surface area contributed by atoms with Crippen molar-refractivity contribution in [3.63, 3.8) is 0 Å². The van der Waals surface area contributed by atoms with Crippen LogP contribution in [0.15, 0.2) is 28.7 Å². The first kappa shape index (κ1) is 15.8. The molecule has 0 atom stereocenters. The highest BCUT2D eigenvalue weighted by Gasteiger charge is 2.17. The van der Waals surface area contributed by atoms with E-state index in [4.69, 9.17) is 27.6 Å². The van der Waals surface area contributed by atoms with E-state index in [2.05, 4.69) is 10.2 Å². The fraction of sp³-hybridized carbons (Fsp3) is 0.357. The summed E-state index contributed by atoms with van der Waals surface area (Å²) in [5, 5.41) is 8.47. The van der Waals surface area contributed by atoms with Crippen molar-refractivity contribution in [2.75, 3.05) is 12.4 Å². The van der Waals surface area contributed by atoms with Crippen LogP contribution in [0.25, 0.3) is 11.5 Å². The Balaban J connectivity index is 2.16. The van der Waals surface area contributed by atoms with Crippen LogP contribution in [-0.2, 0) is 11.3 Å². The van der Waals surface area contributed by atoms with Crippen LogP contribution in [0.4, 0.5) is 0 Å². The van der Waals surface area contributed by atoms with E-state index in [9.17, 15) is 4.79 Å². The van der Waals surface area contributed by atoms with Crippen molar-refractivity contribution in [1.82, 2.24) is 15.1 Å². The molecule has 1 heterocycles. The van der Waals surface area contributed by atoms with Crippen LogP contribution in [0.5, 0.6) is 0 Å². The first-order valence-electron chi connectivity index (χ1n) is 6.56. The second-order valence-corrected chi connectivity index (χ2v) is 5.10. The van der Waals surface area contributed by atoms with Gasteiger partial charge < -0.3 is 9.32 Å². The lowest BCUT2D eigenvalue weighted by molar-refractivity contribution is -0.129. The summed E-state index contributed by atoms with van der Waals surface area (Å²) in [6, 6.07) is 7.21. The number of rotatable bonds is 6. The molecular formula is C14H15Cl2N3O2. The molecule has 0 unspecified atom stereocenters. The van der Waals surface area contributed by atoms with Gasteiger partial charge in [-0.15, -0.1) is 21.8 Å². The summed E-state index contributed by atoms with van der Waals surface area (Å²) in [5.74, 6) is 0.476. The first-order chi connectivity index (χ1) is 10.2. The number of halogens is 2. The van der Waals surface area contributed by atoms with Gasteiger partial charge in [-0.05, 0) is 18.6 Å². The highest BCUT2D eigenvalue weighted by atomic mass is 35.5. The summed E-state index contributed by atoms with van der Waals surface area (Å²) in [6.45, 7) is 2.82. The molecule has 7 heteroatoms. The average Bonchev–Trinajstić information content (AvgIpc) is 2.95. The van der Waals surface area contributed by atoms with Crippen molar-refractivity contribution in [3.05, 3.63) is 35.2 Å². The number of aromatic nitrogens is 2. The number of hydrogen-bond donors (Lipinski definition) is 0. The largest absolute Gasteiger partial charge is 0.419 e. The van der Waals surface area contributed by atoms with Crippen molar-refractivity contribution in [2.24, 2.45) is 0 Å². The molecule has 5 nitrogen and oxygen atoms in total. The van der Waals surface area contributed by atoms with Crippen molar-refractivity contribution in [2.45, 2.75) is 19.9 Å². The van der Waals surface area contributed by atoms with Crippen LogP contribution >= 0.6 is 23.2 Å². The predicted molar refractivity (Wildman–Crippen MR) is 81.2 cm³/mol. The average molecular weight is 328 g/mol. The highest BCUT2D eigenvalue weighted by Crippen LogP contribution is 2.26. The number of nitrogens with zero attached hydrogens (tertiary/aromatic N) is 3. The van der Waals surface area contributed by atoms with Crippen LogP contribution in [0.3, 0.4) is 0 Å². The zero-order chi connectivity index (χ0) is 15.2. The van der Waals surface area contributed by atoms with Crippen molar-refractivity contribution in [3.8, 4) is 11.5 Å². The second kappa shape index (κ2) is 7.43. The van der Waals surface area contributed by atoms with Gasteiger partial charge in [0.25, 0.3) is 0 Å². The van der Waals surface area contributed by atoms with Gasteiger partial charge in [0.1, 0.15) is 5.88 Å². The molecule has 1 aromatic carbocycles. The lowest BCUT2D eigenvalue weighted by Crippen LogP contribution is -2.32. The van der Waals surface area contributed by atoms with Gasteiger partial charge in [-0.25, -0.2) is 0 Å². The molecule has 1 amide bonds. The molecule has 0 radical (unpaired) electrons. The Kier molecular flexibility index (Phi) is 5.59. The van der Waals surface area contributed by atoms with E-state index >= 15 is 0 Å². The Labute approximate surface area is 132 Å². The Morgan fingerprint density at radius 2 is 2.10 bits per heavy atom. The SMILES string of the molecule is CCCN(Cc1nnc(-c2ccccc2Cl)o1)C(=O)CCl. The Morgan fingerprint density at radius 1 is 1.33 bits per heavy atom. The molecule has 21 heavy (non-hydrogen) atoms. The molecule has 0 fully saturated rings. The second-order valence-electron chi connectivity index (χ2n) is 4.43. The van der Waals surface area contributed by atoms with Crippen LogP contribution in [0.1, 0.15) is 19.2 Å². The minimum Gasteiger partial charge on any atom is -0.419 e. The molecular weight excluding hydrogens is 313 g/mol. The number of carbonyl (C=O) groups is 1. The summed E-state index contributed by atoms with van der Waals surface area (Å²) in [7, 11) is 0. The maximum absolute atomic E-state index is 11.7. The number of hydrogen-bond acceptors (Lipinski definition) is 4. The molecule has 1 aromatic heterocycles. The quantitative estimate of drug-likeness (QED) is 0.763. The van der Waals surface area contributed by atoms with E-state index in [0.29, 0.717) is 28.9 Å². The van der Waals surface area contributed by atoms with Gasteiger partial charge in [-0.2, -0.15) is 0 Å². The third-order valence-corrected chi connectivity index (χ3v) is 3.42. The third kappa shape index (κ3) is 3.95. The zero-order valence-corrected chi connectivity index (χ0v) is 13.1. The van der Waals surface area contributed by atoms with E-state index in [0.717, 1.165) is 6.42 Å². The van der Waals surface area contributed by atoms with Crippen molar-refractivity contribution >= 4 is 29.1 Å². The number of amides is 1. The summed E-state index contributed by atoms with van der Waals surface area (Å²) in [6.07, 6.45) is 0.828. The van der Waals surface area contributed by atoms with Crippen molar-refractivity contribution in [1.29, 1.82) is 0 Å². The van der Waals surface area contributed by atoms with E-state index in [1.54, 1.807) is 17.0 Å². The van der Waals surface area contributed by atoms with Gasteiger partial charge in [-0.3, -0.25) is 4.79 Å². The van der Waals surface area contributed by atoms with Gasteiger partial charge in [0.05, 0.1) is 17.1 Å². The molecule has 0 saturated heterocycles. The highest BCUT2D eigenvalue weighted by molar-refractivity contribution is 6.33. The zero-order valence-electron chi connectivity index (χ0n) is 11.6. The summed E-state index contributed by atoms with van der Waals surface area (Å²) in [5.41, 5.74) is 0.670. The molecule has 0 aliphatic rings. The molecule has 0 aliphatic heterocycles. The molecule has 2 rings (SSSR count). The molecule has 2 aromatic rings. The third-order valence-electron chi connectivity index (χ3n) is 2.86. The minimum absolute atomic E-state index is 0.0640. The molecule has 0 bridgehead atoms. The molecule has 0 N–H and O–H groups in total. The van der Waals surface area contributed by atoms with E-state index in [1.165, 1.54) is 0 Å². The van der Waals surface area contributed by atoms with Gasteiger partial charge in [-0.1, -0.05) is 30.7 Å². The van der Waals surface area contributed by atoms with Gasteiger partial charge in [0, 0.05) is 6.54 Å². The monoisotopic (exact) mass is 327 g/mol. The van der Waals surface area contributed by atoms with Crippen LogP contribution in [0.2, 0.25) is 5.02 Å².